The van der Waals surface area contributed by atoms with Gasteiger partial charge in [-0.1, -0.05) is 44.9 Å². The molecule has 1 nitrogen and oxygen atoms in total. The van der Waals surface area contributed by atoms with Crippen LogP contribution < -0.4 is 0 Å². The smallest absolute Gasteiger partial charge is 0.00638 e. The fourth-order valence-electron chi connectivity index (χ4n) is 2.30. The number of hydrogen-bond donors (Lipinski definition) is 0. The number of nitrogens with zero attached hydrogens (tertiary/aromatic N) is 1. The summed E-state index contributed by atoms with van der Waals surface area (Å²) >= 11 is 0. The van der Waals surface area contributed by atoms with Crippen LogP contribution in [0, 0.1) is 0 Å². The van der Waals surface area contributed by atoms with Crippen LogP contribution in [0.2, 0.25) is 0 Å². The maximum Gasteiger partial charge on any atom is 0.00638 e. The van der Waals surface area contributed by atoms with E-state index in [1.165, 1.54) is 64.3 Å². The summed E-state index contributed by atoms with van der Waals surface area (Å²) in [6.07, 6.45) is 13.0. The van der Waals surface area contributed by atoms with Crippen LogP contribution in [0.5, 0.6) is 0 Å². The minimum absolute atomic E-state index is 0.800. The molecule has 0 aromatic carbocycles. The van der Waals surface area contributed by atoms with Gasteiger partial charge in [0.15, 0.2) is 0 Å². The predicted molar refractivity (Wildman–Crippen MR) is 63.6 cm³/mol. The molecule has 1 heterocycles. The quantitative estimate of drug-likeness (QED) is 0.570. The van der Waals surface area contributed by atoms with Gasteiger partial charge in [0.1, 0.15) is 0 Å². The van der Waals surface area contributed by atoms with Crippen LogP contribution in [0.15, 0.2) is 0 Å². The molecule has 0 amide bonds. The van der Waals surface area contributed by atoms with E-state index in [9.17, 15) is 0 Å². The average molecular weight is 197 g/mol. The Morgan fingerprint density at radius 1 is 0.786 bits per heavy atom. The normalized spacial score (nSPS) is 29.1. The molecule has 1 atom stereocenters. The van der Waals surface area contributed by atoms with E-state index in [0.29, 0.717) is 0 Å². The molecule has 0 radical (unpaired) electrons. The van der Waals surface area contributed by atoms with E-state index in [-0.39, 0.29) is 0 Å². The fourth-order valence-corrected chi connectivity index (χ4v) is 2.30. The van der Waals surface area contributed by atoms with Crippen molar-refractivity contribution < 1.29 is 0 Å². The lowest BCUT2D eigenvalue weighted by atomic mass is 10.0. The van der Waals surface area contributed by atoms with Gasteiger partial charge in [-0.15, -0.1) is 0 Å². The highest BCUT2D eigenvalue weighted by molar-refractivity contribution is 4.64. The van der Waals surface area contributed by atoms with E-state index in [1.807, 2.05) is 0 Å². The average Bonchev–Trinajstić information content (AvgIpc) is 2.18. The van der Waals surface area contributed by atoms with E-state index in [0.717, 1.165) is 6.04 Å². The minimum atomic E-state index is 0.800. The zero-order valence-corrected chi connectivity index (χ0v) is 10.1. The Labute approximate surface area is 89.9 Å². The maximum absolute atomic E-state index is 2.54. The van der Waals surface area contributed by atoms with Crippen LogP contribution in [-0.4, -0.2) is 24.5 Å². The van der Waals surface area contributed by atoms with Gasteiger partial charge in [-0.3, -0.25) is 0 Å². The Morgan fingerprint density at radius 2 is 1.29 bits per heavy atom. The summed E-state index contributed by atoms with van der Waals surface area (Å²) in [5.74, 6) is 0. The SMILES string of the molecule is C[C@@H]1CCCCCCCCCCN1C. The van der Waals surface area contributed by atoms with E-state index >= 15 is 0 Å². The Kier molecular flexibility index (Phi) is 6.25. The Hall–Kier alpha value is -0.0400. The van der Waals surface area contributed by atoms with Crippen LogP contribution in [-0.2, 0) is 0 Å². The number of rotatable bonds is 0. The molecule has 0 unspecified atom stereocenters. The van der Waals surface area contributed by atoms with Crippen LogP contribution in [0.25, 0.3) is 0 Å². The lowest BCUT2D eigenvalue weighted by molar-refractivity contribution is 0.234. The van der Waals surface area contributed by atoms with Gasteiger partial charge in [0.05, 0.1) is 0 Å². The van der Waals surface area contributed by atoms with Crippen LogP contribution in [0.3, 0.4) is 0 Å². The molecule has 1 heteroatoms. The van der Waals surface area contributed by atoms with Gasteiger partial charge in [0.25, 0.3) is 0 Å². The molecular weight excluding hydrogens is 170 g/mol. The molecule has 1 saturated heterocycles. The third-order valence-electron chi connectivity index (χ3n) is 3.64. The molecule has 1 rings (SSSR count). The molecule has 0 N–H and O–H groups in total. The summed E-state index contributed by atoms with van der Waals surface area (Å²) in [6.45, 7) is 3.69. The van der Waals surface area contributed by atoms with Gasteiger partial charge in [-0.2, -0.15) is 0 Å². The second kappa shape index (κ2) is 7.28. The van der Waals surface area contributed by atoms with E-state index in [2.05, 4.69) is 18.9 Å². The molecule has 0 spiro atoms. The zero-order valence-electron chi connectivity index (χ0n) is 10.1. The zero-order chi connectivity index (χ0) is 10.2. The monoisotopic (exact) mass is 197 g/mol. The molecule has 14 heavy (non-hydrogen) atoms. The molecule has 0 aromatic rings. The van der Waals surface area contributed by atoms with E-state index in [4.69, 9.17) is 0 Å². The minimum Gasteiger partial charge on any atom is -0.304 e. The van der Waals surface area contributed by atoms with Gasteiger partial charge in [-0.05, 0) is 33.4 Å². The first-order valence-electron chi connectivity index (χ1n) is 6.51. The second-order valence-electron chi connectivity index (χ2n) is 4.95. The van der Waals surface area contributed by atoms with Crippen molar-refractivity contribution in [3.05, 3.63) is 0 Å². The largest absolute Gasteiger partial charge is 0.304 e. The molecular formula is C13H27N. The van der Waals surface area contributed by atoms with Crippen molar-refractivity contribution in [1.82, 2.24) is 4.90 Å². The van der Waals surface area contributed by atoms with Crippen molar-refractivity contribution in [3.8, 4) is 0 Å². The molecule has 0 aromatic heterocycles. The molecule has 1 fully saturated rings. The Morgan fingerprint density at radius 3 is 1.93 bits per heavy atom. The predicted octanol–water partition coefficient (Wildman–Crippen LogP) is 3.83. The molecule has 1 aliphatic rings. The van der Waals surface area contributed by atoms with Gasteiger partial charge in [-0.25, -0.2) is 0 Å². The van der Waals surface area contributed by atoms with Crippen molar-refractivity contribution in [2.75, 3.05) is 13.6 Å². The highest BCUT2D eigenvalue weighted by atomic mass is 15.1. The van der Waals surface area contributed by atoms with Gasteiger partial charge >= 0.3 is 0 Å². The molecule has 84 valence electrons. The standard InChI is InChI=1S/C13H27N/c1-13-11-9-7-5-3-4-6-8-10-12-14(13)2/h13H,3-12H2,1-2H3/t13-/m1/s1. The van der Waals surface area contributed by atoms with Gasteiger partial charge < -0.3 is 4.90 Å². The van der Waals surface area contributed by atoms with E-state index in [1.54, 1.807) is 0 Å². The summed E-state index contributed by atoms with van der Waals surface area (Å²) < 4.78 is 0. The lowest BCUT2D eigenvalue weighted by Gasteiger charge is -2.25. The van der Waals surface area contributed by atoms with Gasteiger partial charge in [0.2, 0.25) is 0 Å². The lowest BCUT2D eigenvalue weighted by Crippen LogP contribution is -2.30. The van der Waals surface area contributed by atoms with Crippen molar-refractivity contribution in [3.63, 3.8) is 0 Å². The molecule has 0 bridgehead atoms. The van der Waals surface area contributed by atoms with Crippen molar-refractivity contribution in [2.45, 2.75) is 70.8 Å². The van der Waals surface area contributed by atoms with Crippen molar-refractivity contribution in [1.29, 1.82) is 0 Å². The first kappa shape index (κ1) is 12.0. The first-order valence-corrected chi connectivity index (χ1v) is 6.51. The second-order valence-corrected chi connectivity index (χ2v) is 4.95. The summed E-state index contributed by atoms with van der Waals surface area (Å²) in [6, 6.07) is 0.800. The number of hydrogen-bond acceptors (Lipinski definition) is 1. The molecule has 1 aliphatic heterocycles. The third kappa shape index (κ3) is 4.99. The summed E-state index contributed by atoms with van der Waals surface area (Å²) in [4.78, 5) is 2.54. The van der Waals surface area contributed by atoms with E-state index < -0.39 is 0 Å². The van der Waals surface area contributed by atoms with Crippen LogP contribution >= 0.6 is 0 Å². The molecule has 0 saturated carbocycles. The first-order chi connectivity index (χ1) is 6.80. The topological polar surface area (TPSA) is 3.24 Å². The highest BCUT2D eigenvalue weighted by Gasteiger charge is 2.08. The summed E-state index contributed by atoms with van der Waals surface area (Å²) in [5.41, 5.74) is 0. The fraction of sp³-hybridized carbons (Fsp3) is 1.00. The van der Waals surface area contributed by atoms with Crippen LogP contribution in [0.4, 0.5) is 0 Å². The summed E-state index contributed by atoms with van der Waals surface area (Å²) in [7, 11) is 2.29. The highest BCUT2D eigenvalue weighted by Crippen LogP contribution is 2.14. The van der Waals surface area contributed by atoms with Crippen molar-refractivity contribution >= 4 is 0 Å². The Balaban J connectivity index is 2.23. The third-order valence-corrected chi connectivity index (χ3v) is 3.64. The molecule has 0 aliphatic carbocycles. The Bertz CT molecular complexity index is 117. The van der Waals surface area contributed by atoms with Gasteiger partial charge in [0, 0.05) is 6.04 Å². The van der Waals surface area contributed by atoms with Crippen LogP contribution in [0.1, 0.15) is 64.7 Å². The summed E-state index contributed by atoms with van der Waals surface area (Å²) in [5, 5.41) is 0. The van der Waals surface area contributed by atoms with Crippen molar-refractivity contribution in [2.24, 2.45) is 0 Å². The maximum atomic E-state index is 2.54.